The number of amides is 2. The van der Waals surface area contributed by atoms with Crippen LogP contribution in [0.3, 0.4) is 0 Å². The number of primary amides is 1. The number of nitrogens with zero attached hydrogens (tertiary/aromatic N) is 5. The topological polar surface area (TPSA) is 119 Å². The van der Waals surface area contributed by atoms with Gasteiger partial charge in [-0.2, -0.15) is 0 Å². The van der Waals surface area contributed by atoms with Crippen LogP contribution in [0.25, 0.3) is 22.1 Å². The number of rotatable bonds is 5. The number of aliphatic hydroxyl groups excluding tert-OH is 1. The monoisotopic (exact) mass is 432 g/mol. The molecule has 5 rings (SSSR count). The molecule has 1 saturated heterocycles. The summed E-state index contributed by atoms with van der Waals surface area (Å²) in [6, 6.07) is 10.9. The van der Waals surface area contributed by atoms with E-state index in [-0.39, 0.29) is 18.5 Å². The first-order valence-corrected chi connectivity index (χ1v) is 10.6. The molecule has 2 amide bonds. The summed E-state index contributed by atoms with van der Waals surface area (Å²) in [7, 11) is 0. The minimum absolute atomic E-state index is 0.0222. The Morgan fingerprint density at radius 3 is 2.81 bits per heavy atom. The number of carbonyl (C=O) groups excluding carboxylic acids is 2. The largest absolute Gasteiger partial charge is 0.389 e. The molecule has 4 heterocycles. The highest BCUT2D eigenvalue weighted by molar-refractivity contribution is 6.04. The summed E-state index contributed by atoms with van der Waals surface area (Å²) in [6.45, 7) is 3.08. The summed E-state index contributed by atoms with van der Waals surface area (Å²) < 4.78 is 3.87. The van der Waals surface area contributed by atoms with Gasteiger partial charge in [-0.3, -0.25) is 9.59 Å². The highest BCUT2D eigenvalue weighted by Crippen LogP contribution is 2.28. The molecule has 0 unspecified atom stereocenters. The third-order valence-corrected chi connectivity index (χ3v) is 6.24. The summed E-state index contributed by atoms with van der Waals surface area (Å²) >= 11 is 0. The molecule has 0 spiro atoms. The predicted octanol–water partition coefficient (Wildman–Crippen LogP) is 1.63. The van der Waals surface area contributed by atoms with Crippen molar-refractivity contribution in [2.45, 2.75) is 32.0 Å². The van der Waals surface area contributed by atoms with Gasteiger partial charge in [-0.15, -0.1) is 0 Å². The van der Waals surface area contributed by atoms with Crippen LogP contribution in [0.5, 0.6) is 0 Å². The fourth-order valence-corrected chi connectivity index (χ4v) is 4.63. The first-order chi connectivity index (χ1) is 15.4. The maximum atomic E-state index is 13.0. The van der Waals surface area contributed by atoms with Gasteiger partial charge in [0.05, 0.1) is 28.7 Å². The van der Waals surface area contributed by atoms with Crippen molar-refractivity contribution in [1.29, 1.82) is 0 Å². The quantitative estimate of drug-likeness (QED) is 0.497. The van der Waals surface area contributed by atoms with Gasteiger partial charge in [0.2, 0.25) is 11.8 Å². The minimum Gasteiger partial charge on any atom is -0.389 e. The first kappa shape index (κ1) is 20.2. The molecule has 3 aromatic heterocycles. The number of nitrogens with two attached hydrogens (primary N) is 1. The van der Waals surface area contributed by atoms with Gasteiger partial charge in [-0.1, -0.05) is 12.1 Å². The van der Waals surface area contributed by atoms with Crippen molar-refractivity contribution in [1.82, 2.24) is 24.0 Å². The van der Waals surface area contributed by atoms with E-state index in [0.717, 1.165) is 16.9 Å². The number of hydrogen-bond acceptors (Lipinski definition) is 5. The number of imidazole rings is 1. The summed E-state index contributed by atoms with van der Waals surface area (Å²) in [6.07, 6.45) is 2.90. The Hall–Kier alpha value is -3.72. The number of aryl methyl sites for hydroxylation is 2. The fraction of sp³-hybridized carbons (Fsp3) is 0.304. The van der Waals surface area contributed by atoms with E-state index in [0.29, 0.717) is 36.1 Å². The van der Waals surface area contributed by atoms with Gasteiger partial charge < -0.3 is 24.9 Å². The summed E-state index contributed by atoms with van der Waals surface area (Å²) in [5.74, 6) is 0.320. The van der Waals surface area contributed by atoms with Crippen LogP contribution in [0.1, 0.15) is 28.6 Å². The van der Waals surface area contributed by atoms with Crippen LogP contribution in [0.2, 0.25) is 0 Å². The molecule has 1 aromatic carbocycles. The van der Waals surface area contributed by atoms with Crippen LogP contribution >= 0.6 is 0 Å². The van der Waals surface area contributed by atoms with E-state index in [2.05, 4.69) is 9.97 Å². The van der Waals surface area contributed by atoms with Crippen molar-refractivity contribution >= 4 is 33.9 Å². The number of hydrogen-bond donors (Lipinski definition) is 2. The van der Waals surface area contributed by atoms with Crippen molar-refractivity contribution in [2.24, 2.45) is 5.73 Å². The molecule has 0 radical (unpaired) electrons. The number of pyridine rings is 1. The van der Waals surface area contributed by atoms with Crippen LogP contribution < -0.4 is 5.73 Å². The number of likely N-dealkylation sites (tertiary alicyclic amines) is 1. The lowest BCUT2D eigenvalue weighted by molar-refractivity contribution is -0.130. The van der Waals surface area contributed by atoms with Crippen LogP contribution in [0.15, 0.2) is 48.8 Å². The molecular weight excluding hydrogens is 408 g/mol. The normalized spacial score (nSPS) is 18.6. The van der Waals surface area contributed by atoms with Gasteiger partial charge in [-0.25, -0.2) is 9.97 Å². The van der Waals surface area contributed by atoms with Crippen LogP contribution in [-0.4, -0.2) is 60.1 Å². The molecular formula is C23H24N6O3. The molecule has 0 saturated carbocycles. The average molecular weight is 432 g/mol. The van der Waals surface area contributed by atoms with Crippen molar-refractivity contribution in [3.8, 4) is 0 Å². The minimum atomic E-state index is -0.732. The smallest absolute Gasteiger partial charge is 0.249 e. The Kier molecular flexibility index (Phi) is 4.90. The van der Waals surface area contributed by atoms with Gasteiger partial charge in [0.15, 0.2) is 0 Å². The highest BCUT2D eigenvalue weighted by atomic mass is 16.3. The van der Waals surface area contributed by atoms with E-state index in [1.54, 1.807) is 23.2 Å². The third kappa shape index (κ3) is 3.31. The molecule has 9 nitrogen and oxygen atoms in total. The Balaban J connectivity index is 1.32. The number of benzene rings is 1. The van der Waals surface area contributed by atoms with Gasteiger partial charge in [0, 0.05) is 43.8 Å². The van der Waals surface area contributed by atoms with Crippen LogP contribution in [0, 0.1) is 6.92 Å². The molecule has 164 valence electrons. The molecule has 1 aliphatic rings. The molecule has 0 bridgehead atoms. The van der Waals surface area contributed by atoms with Gasteiger partial charge in [0.1, 0.15) is 11.5 Å². The van der Waals surface area contributed by atoms with Gasteiger partial charge >= 0.3 is 0 Å². The van der Waals surface area contributed by atoms with E-state index in [1.165, 1.54) is 6.20 Å². The molecule has 1 aliphatic heterocycles. The third-order valence-electron chi connectivity index (χ3n) is 6.24. The second-order valence-electron chi connectivity index (χ2n) is 8.17. The van der Waals surface area contributed by atoms with Crippen LogP contribution in [0.4, 0.5) is 0 Å². The fourth-order valence-electron chi connectivity index (χ4n) is 4.63. The molecule has 0 aliphatic carbocycles. The van der Waals surface area contributed by atoms with E-state index in [1.807, 2.05) is 40.3 Å². The average Bonchev–Trinajstić information content (AvgIpc) is 3.46. The number of β-amino-alcohol motifs (C(OH)–C–C–N with tert-alkyl or cyclic N) is 1. The molecule has 3 N–H and O–H groups in total. The van der Waals surface area contributed by atoms with E-state index in [4.69, 9.17) is 5.73 Å². The van der Waals surface area contributed by atoms with Crippen molar-refractivity contribution in [3.05, 3.63) is 60.2 Å². The number of aliphatic hydroxyl groups is 1. The number of para-hydroxylation sites is 2. The van der Waals surface area contributed by atoms with Crippen molar-refractivity contribution in [3.63, 3.8) is 0 Å². The lowest BCUT2D eigenvalue weighted by Gasteiger charge is -2.18. The molecule has 9 heteroatoms. The van der Waals surface area contributed by atoms with Gasteiger partial charge in [0.25, 0.3) is 0 Å². The summed E-state index contributed by atoms with van der Waals surface area (Å²) in [4.78, 5) is 35.3. The van der Waals surface area contributed by atoms with E-state index in [9.17, 15) is 14.7 Å². The highest BCUT2D eigenvalue weighted by Gasteiger charge is 2.35. The SMILES string of the molecule is Cc1nc2ccccc2n1CCC(=O)N1C[C@@H](O)[C@H](n2ccc3c(C(N)=O)ccnc32)C1. The summed E-state index contributed by atoms with van der Waals surface area (Å²) in [5, 5.41) is 11.3. The van der Waals surface area contributed by atoms with Gasteiger partial charge in [-0.05, 0) is 31.2 Å². The Labute approximate surface area is 184 Å². The molecule has 2 atom stereocenters. The maximum absolute atomic E-state index is 13.0. The molecule has 1 fully saturated rings. The number of carbonyl (C=O) groups is 2. The standard InChI is InChI=1S/C23H24N6O3/c1-14-26-17-4-2-3-5-18(17)28(14)11-8-21(31)27-12-19(20(30)13-27)29-10-7-16-15(22(24)32)6-9-25-23(16)29/h2-7,9-10,19-20,30H,8,11-13H2,1H3,(H2,24,32)/t19-,20-/m1/s1. The Morgan fingerprint density at radius 1 is 1.19 bits per heavy atom. The van der Waals surface area contributed by atoms with E-state index < -0.39 is 12.0 Å². The predicted molar refractivity (Wildman–Crippen MR) is 119 cm³/mol. The number of fused-ring (bicyclic) bond motifs is 2. The Bertz CT molecular complexity index is 1340. The second-order valence-corrected chi connectivity index (χ2v) is 8.17. The van der Waals surface area contributed by atoms with Crippen molar-refractivity contribution < 1.29 is 14.7 Å². The lowest BCUT2D eigenvalue weighted by Crippen LogP contribution is -2.30. The zero-order valence-electron chi connectivity index (χ0n) is 17.7. The van der Waals surface area contributed by atoms with Crippen molar-refractivity contribution in [2.75, 3.05) is 13.1 Å². The molecule has 32 heavy (non-hydrogen) atoms. The zero-order valence-corrected chi connectivity index (χ0v) is 17.7. The first-order valence-electron chi connectivity index (χ1n) is 10.6. The summed E-state index contributed by atoms with van der Waals surface area (Å²) in [5.41, 5.74) is 8.34. The zero-order chi connectivity index (χ0) is 22.4. The number of aromatic nitrogens is 4. The molecule has 4 aromatic rings. The second kappa shape index (κ2) is 7.76. The maximum Gasteiger partial charge on any atom is 0.249 e. The Morgan fingerprint density at radius 2 is 2.00 bits per heavy atom. The van der Waals surface area contributed by atoms with Crippen LogP contribution in [-0.2, 0) is 11.3 Å². The lowest BCUT2D eigenvalue weighted by atomic mass is 10.2. The van der Waals surface area contributed by atoms with E-state index >= 15 is 0 Å².